The third kappa shape index (κ3) is 3.67. The average Bonchev–Trinajstić information content (AvgIpc) is 3.17. The summed E-state index contributed by atoms with van der Waals surface area (Å²) >= 11 is 6.50. The Morgan fingerprint density at radius 1 is 1.11 bits per heavy atom. The van der Waals surface area contributed by atoms with Crippen LogP contribution in [0.2, 0.25) is 5.02 Å². The largest absolute Gasteiger partial charge is 0.461 e. The molecule has 9 heteroatoms. The zero-order valence-corrected chi connectivity index (χ0v) is 22.1. The Labute approximate surface area is 221 Å². The van der Waals surface area contributed by atoms with Gasteiger partial charge in [0.1, 0.15) is 29.8 Å². The Bertz CT molecular complexity index is 1170. The molecular weight excluding hydrogens is 496 g/mol. The van der Waals surface area contributed by atoms with Gasteiger partial charge in [0.2, 0.25) is 5.91 Å². The highest BCUT2D eigenvalue weighted by atomic mass is 35.5. The first-order valence-electron chi connectivity index (χ1n) is 13.0. The molecule has 4 heterocycles. The smallest absolute Gasteiger partial charge is 0.313 e. The minimum atomic E-state index is -1.41. The molecule has 5 rings (SSSR count). The van der Waals surface area contributed by atoms with Gasteiger partial charge in [-0.05, 0) is 30.5 Å². The number of hydrogen-bond acceptors (Lipinski definition) is 6. The second-order valence-electron chi connectivity index (χ2n) is 10.3. The highest BCUT2D eigenvalue weighted by molar-refractivity contribution is 6.34. The van der Waals surface area contributed by atoms with Crippen molar-refractivity contribution >= 4 is 35.1 Å². The van der Waals surface area contributed by atoms with Gasteiger partial charge in [0, 0.05) is 6.54 Å². The minimum Gasteiger partial charge on any atom is -0.461 e. The number of carbonyl (C=O) groups is 3. The van der Waals surface area contributed by atoms with E-state index in [0.717, 1.165) is 0 Å². The van der Waals surface area contributed by atoms with Gasteiger partial charge in [-0.25, -0.2) is 0 Å². The molecule has 1 aromatic carbocycles. The van der Waals surface area contributed by atoms with Crippen LogP contribution in [0.5, 0.6) is 0 Å². The van der Waals surface area contributed by atoms with Crippen molar-refractivity contribution < 1.29 is 29.0 Å². The van der Waals surface area contributed by atoms with E-state index < -0.39 is 41.1 Å². The molecule has 2 fully saturated rings. The van der Waals surface area contributed by atoms with Crippen LogP contribution in [0.3, 0.4) is 0 Å². The average molecular weight is 529 g/mol. The lowest BCUT2D eigenvalue weighted by Crippen LogP contribution is -2.60. The van der Waals surface area contributed by atoms with Gasteiger partial charge >= 0.3 is 5.97 Å². The first kappa shape index (κ1) is 25.9. The van der Waals surface area contributed by atoms with Crippen LogP contribution in [0.1, 0.15) is 33.6 Å². The molecule has 1 aromatic rings. The van der Waals surface area contributed by atoms with E-state index in [-0.39, 0.29) is 37.5 Å². The van der Waals surface area contributed by atoms with E-state index in [9.17, 15) is 19.5 Å². The molecule has 8 nitrogen and oxygen atoms in total. The van der Waals surface area contributed by atoms with Crippen LogP contribution in [0.15, 0.2) is 48.6 Å². The topological polar surface area (TPSA) is 96.4 Å². The molecule has 2 saturated heterocycles. The predicted octanol–water partition coefficient (Wildman–Crippen LogP) is 3.12. The predicted molar refractivity (Wildman–Crippen MR) is 138 cm³/mol. The van der Waals surface area contributed by atoms with Gasteiger partial charge in [-0.2, -0.15) is 0 Å². The maximum Gasteiger partial charge on any atom is 0.313 e. The van der Waals surface area contributed by atoms with Crippen LogP contribution < -0.4 is 4.90 Å². The van der Waals surface area contributed by atoms with E-state index in [1.165, 1.54) is 4.90 Å². The van der Waals surface area contributed by atoms with Crippen molar-refractivity contribution in [3.63, 3.8) is 0 Å². The van der Waals surface area contributed by atoms with Gasteiger partial charge in [0.05, 0.1) is 29.3 Å². The summed E-state index contributed by atoms with van der Waals surface area (Å²) in [6, 6.07) is 5.32. The van der Waals surface area contributed by atoms with Crippen molar-refractivity contribution in [2.45, 2.75) is 56.9 Å². The fraction of sp³-hybridized carbons (Fsp3) is 0.536. The quantitative estimate of drug-likeness (QED) is 0.450. The minimum absolute atomic E-state index is 0.0999. The van der Waals surface area contributed by atoms with Crippen molar-refractivity contribution in [2.75, 3.05) is 24.7 Å². The number of aliphatic hydroxyl groups is 1. The molecule has 4 aliphatic heterocycles. The van der Waals surface area contributed by atoms with Gasteiger partial charge in [0.15, 0.2) is 0 Å². The maximum atomic E-state index is 14.5. The molecule has 198 valence electrons. The molecule has 1 N–H and O–H groups in total. The first-order valence-corrected chi connectivity index (χ1v) is 13.3. The van der Waals surface area contributed by atoms with Gasteiger partial charge in [-0.1, -0.05) is 69.2 Å². The number of para-hydroxylation sites is 1. The molecule has 0 bridgehead atoms. The summed E-state index contributed by atoms with van der Waals surface area (Å²) in [7, 11) is 0. The number of amides is 2. The number of esters is 1. The van der Waals surface area contributed by atoms with Gasteiger partial charge in [-0.3, -0.25) is 14.4 Å². The van der Waals surface area contributed by atoms with Gasteiger partial charge < -0.3 is 24.4 Å². The zero-order chi connectivity index (χ0) is 26.5. The fourth-order valence-corrected chi connectivity index (χ4v) is 6.83. The number of ether oxygens (including phenoxy) is 2. The number of hydrogen-bond donors (Lipinski definition) is 1. The first-order chi connectivity index (χ1) is 17.8. The SMILES string of the molecule is CC[C@H](C)[C@H](CO)N1C(=O)[C@@H]2[C@H]3C(=O)OCC=C[C@@]3(CC)O[C@@]23C=CCN(c2ccccc2Cl)C(=O)C13. The molecule has 0 aliphatic carbocycles. The molecule has 37 heavy (non-hydrogen) atoms. The molecule has 0 radical (unpaired) electrons. The summed E-state index contributed by atoms with van der Waals surface area (Å²) in [5, 5.41) is 10.9. The second-order valence-corrected chi connectivity index (χ2v) is 10.7. The van der Waals surface area contributed by atoms with Crippen LogP contribution in [0.4, 0.5) is 5.69 Å². The van der Waals surface area contributed by atoms with E-state index in [1.54, 1.807) is 41.3 Å². The number of benzene rings is 1. The number of likely N-dealkylation sites (tertiary alicyclic amines) is 1. The van der Waals surface area contributed by atoms with E-state index in [0.29, 0.717) is 23.6 Å². The molecule has 2 amide bonds. The third-order valence-electron chi connectivity index (χ3n) is 8.62. The summed E-state index contributed by atoms with van der Waals surface area (Å²) in [6.45, 7) is 5.81. The van der Waals surface area contributed by atoms with E-state index in [1.807, 2.05) is 32.9 Å². The maximum absolute atomic E-state index is 14.5. The number of rotatable bonds is 6. The Kier molecular flexibility index (Phi) is 6.71. The fourth-order valence-electron chi connectivity index (χ4n) is 6.59. The van der Waals surface area contributed by atoms with Crippen molar-refractivity contribution in [2.24, 2.45) is 17.8 Å². The molecule has 0 saturated carbocycles. The number of nitrogens with zero attached hydrogens (tertiary/aromatic N) is 2. The number of halogens is 1. The monoisotopic (exact) mass is 528 g/mol. The number of aliphatic hydroxyl groups excluding tert-OH is 1. The van der Waals surface area contributed by atoms with E-state index >= 15 is 0 Å². The number of cyclic esters (lactones) is 1. The second kappa shape index (κ2) is 9.57. The molecular formula is C28H33ClN2O6. The van der Waals surface area contributed by atoms with E-state index in [2.05, 4.69) is 0 Å². The lowest BCUT2D eigenvalue weighted by molar-refractivity contribution is -0.159. The molecule has 4 aliphatic rings. The van der Waals surface area contributed by atoms with Crippen molar-refractivity contribution in [1.29, 1.82) is 0 Å². The van der Waals surface area contributed by atoms with Gasteiger partial charge in [0.25, 0.3) is 5.91 Å². The van der Waals surface area contributed by atoms with Crippen LogP contribution >= 0.6 is 11.6 Å². The summed E-state index contributed by atoms with van der Waals surface area (Å²) in [4.78, 5) is 45.3. The lowest BCUT2D eigenvalue weighted by atomic mass is 9.73. The Morgan fingerprint density at radius 2 is 1.86 bits per heavy atom. The highest BCUT2D eigenvalue weighted by Gasteiger charge is 2.76. The highest BCUT2D eigenvalue weighted by Crippen LogP contribution is 2.59. The summed E-state index contributed by atoms with van der Waals surface area (Å²) in [5.41, 5.74) is -1.98. The number of carbonyl (C=O) groups excluding carboxylic acids is 3. The van der Waals surface area contributed by atoms with Crippen LogP contribution in [0.25, 0.3) is 0 Å². The summed E-state index contributed by atoms with van der Waals surface area (Å²) in [5.74, 6) is -3.25. The molecule has 1 unspecified atom stereocenters. The van der Waals surface area contributed by atoms with Crippen molar-refractivity contribution in [1.82, 2.24) is 4.90 Å². The molecule has 1 spiro atoms. The van der Waals surface area contributed by atoms with Crippen molar-refractivity contribution in [3.8, 4) is 0 Å². The molecule has 7 atom stereocenters. The van der Waals surface area contributed by atoms with Crippen LogP contribution in [0, 0.1) is 17.8 Å². The number of anilines is 1. The van der Waals surface area contributed by atoms with Gasteiger partial charge in [-0.15, -0.1) is 0 Å². The Balaban J connectivity index is 1.72. The third-order valence-corrected chi connectivity index (χ3v) is 8.94. The van der Waals surface area contributed by atoms with E-state index in [4.69, 9.17) is 21.1 Å². The summed E-state index contributed by atoms with van der Waals surface area (Å²) in [6.07, 6.45) is 8.26. The zero-order valence-electron chi connectivity index (χ0n) is 21.3. The normalized spacial score (nSPS) is 34.4. The molecule has 0 aromatic heterocycles. The van der Waals surface area contributed by atoms with Crippen LogP contribution in [-0.4, -0.2) is 70.8 Å². The number of fused-ring (bicyclic) bond motifs is 2. The lowest BCUT2D eigenvalue weighted by Gasteiger charge is -2.42. The summed E-state index contributed by atoms with van der Waals surface area (Å²) < 4.78 is 12.3. The Hall–Kier alpha value is -2.68. The van der Waals surface area contributed by atoms with Crippen LogP contribution in [-0.2, 0) is 23.9 Å². The van der Waals surface area contributed by atoms with Crippen molar-refractivity contribution in [3.05, 3.63) is 53.6 Å². The Morgan fingerprint density at radius 3 is 2.54 bits per heavy atom. The standard InChI is InChI=1S/C28H33ClN2O6/c1-4-17(3)20(16-32)31-23-25(34)30(19-11-7-6-10-18(19)29)14-8-13-28(23)21(24(31)33)22-26(35)36-15-9-12-27(22,5-2)37-28/h6-13,17,20-23,32H,4-5,14-16H2,1-3H3/t17-,20-,21-,22-,23?,27+,28-/m0/s1.